The van der Waals surface area contributed by atoms with Crippen molar-refractivity contribution in [1.82, 2.24) is 4.90 Å². The first-order valence-corrected chi connectivity index (χ1v) is 7.06. The SMILES string of the molecule is CCC1CN(C(=O)N(CC(=O)O)c2ccccc2)CCO1. The van der Waals surface area contributed by atoms with Gasteiger partial charge in [-0.15, -0.1) is 0 Å². The first-order chi connectivity index (χ1) is 10.1. The van der Waals surface area contributed by atoms with Gasteiger partial charge < -0.3 is 14.7 Å². The van der Waals surface area contributed by atoms with Crippen molar-refractivity contribution in [1.29, 1.82) is 0 Å². The Balaban J connectivity index is 2.16. The number of para-hydroxylation sites is 1. The molecule has 1 heterocycles. The molecule has 1 unspecified atom stereocenters. The third-order valence-electron chi connectivity index (χ3n) is 3.46. The van der Waals surface area contributed by atoms with Crippen LogP contribution < -0.4 is 4.90 Å². The molecular formula is C15H20N2O4. The molecule has 0 spiro atoms. The normalized spacial score (nSPS) is 18.3. The maximum atomic E-state index is 12.6. The van der Waals surface area contributed by atoms with Gasteiger partial charge in [-0.25, -0.2) is 4.79 Å². The number of nitrogens with zero attached hydrogens (tertiary/aromatic N) is 2. The Hall–Kier alpha value is -2.08. The summed E-state index contributed by atoms with van der Waals surface area (Å²) in [5.41, 5.74) is 0.587. The van der Waals surface area contributed by atoms with Gasteiger partial charge in [-0.05, 0) is 18.6 Å². The highest BCUT2D eigenvalue weighted by atomic mass is 16.5. The minimum atomic E-state index is -1.03. The Morgan fingerprint density at radius 2 is 2.10 bits per heavy atom. The number of carbonyl (C=O) groups excluding carboxylic acids is 1. The second-order valence-electron chi connectivity index (χ2n) is 4.95. The molecule has 0 aromatic heterocycles. The second kappa shape index (κ2) is 7.08. The summed E-state index contributed by atoms with van der Waals surface area (Å²) in [6.07, 6.45) is 0.846. The van der Waals surface area contributed by atoms with Crippen LogP contribution in [0.1, 0.15) is 13.3 Å². The summed E-state index contributed by atoms with van der Waals surface area (Å²) in [5, 5.41) is 9.05. The lowest BCUT2D eigenvalue weighted by atomic mass is 10.2. The van der Waals surface area contributed by atoms with Crippen molar-refractivity contribution in [2.75, 3.05) is 31.1 Å². The molecular weight excluding hydrogens is 272 g/mol. The van der Waals surface area contributed by atoms with E-state index >= 15 is 0 Å². The number of morpholine rings is 1. The molecule has 0 bridgehead atoms. The lowest BCUT2D eigenvalue weighted by molar-refractivity contribution is -0.135. The Morgan fingerprint density at radius 1 is 1.38 bits per heavy atom. The Morgan fingerprint density at radius 3 is 2.71 bits per heavy atom. The van der Waals surface area contributed by atoms with Crippen LogP contribution in [0.2, 0.25) is 0 Å². The number of carboxylic acid groups (broad SMARTS) is 1. The van der Waals surface area contributed by atoms with Crippen molar-refractivity contribution in [2.45, 2.75) is 19.4 Å². The number of aliphatic carboxylic acids is 1. The van der Waals surface area contributed by atoms with Gasteiger partial charge in [0.05, 0.1) is 12.7 Å². The average molecular weight is 292 g/mol. The van der Waals surface area contributed by atoms with Gasteiger partial charge in [-0.1, -0.05) is 25.1 Å². The van der Waals surface area contributed by atoms with E-state index in [-0.39, 0.29) is 18.7 Å². The smallest absolute Gasteiger partial charge is 0.325 e. The van der Waals surface area contributed by atoms with Gasteiger partial charge in [0.1, 0.15) is 6.54 Å². The number of hydrogen-bond acceptors (Lipinski definition) is 3. The molecule has 114 valence electrons. The Bertz CT molecular complexity index is 492. The zero-order chi connectivity index (χ0) is 15.2. The molecule has 1 fully saturated rings. The van der Waals surface area contributed by atoms with Crippen LogP contribution in [-0.4, -0.2) is 54.4 Å². The van der Waals surface area contributed by atoms with Gasteiger partial charge in [-0.3, -0.25) is 9.69 Å². The first-order valence-electron chi connectivity index (χ1n) is 7.06. The van der Waals surface area contributed by atoms with Crippen LogP contribution in [-0.2, 0) is 9.53 Å². The maximum Gasteiger partial charge on any atom is 0.325 e. The van der Waals surface area contributed by atoms with Gasteiger partial charge in [0.15, 0.2) is 0 Å². The summed E-state index contributed by atoms with van der Waals surface area (Å²) in [6.45, 7) is 3.12. The van der Waals surface area contributed by atoms with E-state index < -0.39 is 5.97 Å². The van der Waals surface area contributed by atoms with Crippen molar-refractivity contribution in [3.05, 3.63) is 30.3 Å². The van der Waals surface area contributed by atoms with Crippen LogP contribution in [0.15, 0.2) is 30.3 Å². The minimum absolute atomic E-state index is 0.0187. The van der Waals surface area contributed by atoms with Gasteiger partial charge in [0, 0.05) is 18.8 Å². The molecule has 2 amide bonds. The summed E-state index contributed by atoms with van der Waals surface area (Å²) in [4.78, 5) is 26.6. The maximum absolute atomic E-state index is 12.6. The molecule has 1 saturated heterocycles. The standard InChI is InChI=1S/C15H20N2O4/c1-2-13-10-16(8-9-21-13)15(20)17(11-14(18)19)12-6-4-3-5-7-12/h3-7,13H,2,8-11H2,1H3,(H,18,19). The van der Waals surface area contributed by atoms with E-state index in [1.165, 1.54) is 4.90 Å². The van der Waals surface area contributed by atoms with E-state index in [9.17, 15) is 9.59 Å². The molecule has 6 nitrogen and oxygen atoms in total. The fourth-order valence-corrected chi connectivity index (χ4v) is 2.32. The summed E-state index contributed by atoms with van der Waals surface area (Å²) in [5.74, 6) is -1.03. The molecule has 1 atom stereocenters. The number of rotatable bonds is 4. The van der Waals surface area contributed by atoms with Gasteiger partial charge in [0.25, 0.3) is 0 Å². The molecule has 1 aromatic rings. The first kappa shape index (κ1) is 15.3. The van der Waals surface area contributed by atoms with E-state index in [0.29, 0.717) is 25.4 Å². The number of amides is 2. The number of anilines is 1. The third-order valence-corrected chi connectivity index (χ3v) is 3.46. The van der Waals surface area contributed by atoms with Crippen molar-refractivity contribution in [3.63, 3.8) is 0 Å². The average Bonchev–Trinajstić information content (AvgIpc) is 2.52. The molecule has 1 N–H and O–H groups in total. The zero-order valence-electron chi connectivity index (χ0n) is 12.1. The van der Waals surface area contributed by atoms with Crippen LogP contribution in [0.3, 0.4) is 0 Å². The molecule has 0 saturated carbocycles. The molecule has 2 rings (SSSR count). The molecule has 6 heteroatoms. The van der Waals surface area contributed by atoms with Gasteiger partial charge >= 0.3 is 12.0 Å². The van der Waals surface area contributed by atoms with Gasteiger partial charge in [0.2, 0.25) is 0 Å². The van der Waals surface area contributed by atoms with Crippen LogP contribution in [0.5, 0.6) is 0 Å². The van der Waals surface area contributed by atoms with Crippen LogP contribution in [0.4, 0.5) is 10.5 Å². The minimum Gasteiger partial charge on any atom is -0.480 e. The van der Waals surface area contributed by atoms with E-state index in [2.05, 4.69) is 0 Å². The quantitative estimate of drug-likeness (QED) is 0.918. The number of carbonyl (C=O) groups is 2. The lowest BCUT2D eigenvalue weighted by Crippen LogP contribution is -2.52. The molecule has 1 aliphatic rings. The predicted molar refractivity (Wildman–Crippen MR) is 78.4 cm³/mol. The number of hydrogen-bond donors (Lipinski definition) is 1. The van der Waals surface area contributed by atoms with Crippen molar-refractivity contribution < 1.29 is 19.4 Å². The number of ether oxygens (including phenoxy) is 1. The zero-order valence-corrected chi connectivity index (χ0v) is 12.1. The largest absolute Gasteiger partial charge is 0.480 e. The second-order valence-corrected chi connectivity index (χ2v) is 4.95. The predicted octanol–water partition coefficient (Wildman–Crippen LogP) is 1.81. The highest BCUT2D eigenvalue weighted by Crippen LogP contribution is 2.17. The molecule has 0 radical (unpaired) electrons. The van der Waals surface area contributed by atoms with Crippen LogP contribution in [0.25, 0.3) is 0 Å². The van der Waals surface area contributed by atoms with Crippen molar-refractivity contribution in [2.24, 2.45) is 0 Å². The monoisotopic (exact) mass is 292 g/mol. The molecule has 21 heavy (non-hydrogen) atoms. The van der Waals surface area contributed by atoms with E-state index in [4.69, 9.17) is 9.84 Å². The lowest BCUT2D eigenvalue weighted by Gasteiger charge is -2.35. The number of carboxylic acids is 1. The van der Waals surface area contributed by atoms with E-state index in [0.717, 1.165) is 6.42 Å². The van der Waals surface area contributed by atoms with Crippen molar-refractivity contribution in [3.8, 4) is 0 Å². The highest BCUT2D eigenvalue weighted by molar-refractivity contribution is 5.96. The molecule has 1 aromatic carbocycles. The van der Waals surface area contributed by atoms with Gasteiger partial charge in [-0.2, -0.15) is 0 Å². The summed E-state index contributed by atoms with van der Waals surface area (Å²) in [7, 11) is 0. The van der Waals surface area contributed by atoms with E-state index in [1.807, 2.05) is 13.0 Å². The summed E-state index contributed by atoms with van der Waals surface area (Å²) >= 11 is 0. The van der Waals surface area contributed by atoms with Crippen LogP contribution in [0, 0.1) is 0 Å². The summed E-state index contributed by atoms with van der Waals surface area (Å²) < 4.78 is 5.55. The Labute approximate surface area is 123 Å². The topological polar surface area (TPSA) is 70.1 Å². The van der Waals surface area contributed by atoms with Crippen LogP contribution >= 0.6 is 0 Å². The third kappa shape index (κ3) is 3.95. The molecule has 0 aliphatic carbocycles. The number of urea groups is 1. The Kier molecular flexibility index (Phi) is 5.16. The van der Waals surface area contributed by atoms with E-state index in [1.54, 1.807) is 29.2 Å². The fourth-order valence-electron chi connectivity index (χ4n) is 2.32. The molecule has 1 aliphatic heterocycles. The fraction of sp³-hybridized carbons (Fsp3) is 0.467. The number of benzene rings is 1. The highest BCUT2D eigenvalue weighted by Gasteiger charge is 2.28. The van der Waals surface area contributed by atoms with Crippen molar-refractivity contribution >= 4 is 17.7 Å². The summed E-state index contributed by atoms with van der Waals surface area (Å²) in [6, 6.07) is 8.58.